The fraction of sp³-hybridized carbons (Fsp3) is 0.731. The smallest absolute Gasteiger partial charge is 0.337 e. The molecule has 0 aromatic carbocycles. The number of methoxy groups -OCH3 is 2. The summed E-state index contributed by atoms with van der Waals surface area (Å²) in [5.74, 6) is -4.67. The largest absolute Gasteiger partial charge is 0.471 e. The SMILES string of the molecule is COC(=O)C1=CO[C@@H](O[C@@H]2O[C@H](COC(C)=O)[C@@H](OC(C)=O)[C@H](OC(C)=O)[C@H]2OC(C)=O)[C@@H]2[C@H](C)O[C@@H](OC)C[C@H]12. The summed E-state index contributed by atoms with van der Waals surface area (Å²) in [5.41, 5.74) is 0.246. The Morgan fingerprint density at radius 3 is 2.00 bits per heavy atom. The van der Waals surface area contributed by atoms with E-state index in [1.54, 1.807) is 6.92 Å². The first kappa shape index (κ1) is 32.2. The van der Waals surface area contributed by atoms with Gasteiger partial charge in [-0.1, -0.05) is 0 Å². The zero-order valence-electron chi connectivity index (χ0n) is 23.9. The van der Waals surface area contributed by atoms with Crippen LogP contribution in [0.1, 0.15) is 41.0 Å². The van der Waals surface area contributed by atoms with E-state index < -0.39 is 97.7 Å². The molecule has 0 amide bonds. The van der Waals surface area contributed by atoms with Crippen LogP contribution < -0.4 is 0 Å². The fourth-order valence-corrected chi connectivity index (χ4v) is 5.16. The molecular formula is C26H36O15. The van der Waals surface area contributed by atoms with Crippen LogP contribution in [0.15, 0.2) is 11.8 Å². The third-order valence-corrected chi connectivity index (χ3v) is 6.76. The van der Waals surface area contributed by atoms with Crippen molar-refractivity contribution < 1.29 is 71.3 Å². The van der Waals surface area contributed by atoms with Crippen LogP contribution in [0.3, 0.4) is 0 Å². The minimum absolute atomic E-state index is 0.246. The Bertz CT molecular complexity index is 1020. The highest BCUT2D eigenvalue weighted by Gasteiger charge is 2.56. The zero-order valence-corrected chi connectivity index (χ0v) is 23.9. The van der Waals surface area contributed by atoms with E-state index in [9.17, 15) is 24.0 Å². The highest BCUT2D eigenvalue weighted by Crippen LogP contribution is 2.43. The van der Waals surface area contributed by atoms with Crippen molar-refractivity contribution in [3.63, 3.8) is 0 Å². The van der Waals surface area contributed by atoms with Crippen molar-refractivity contribution in [2.45, 2.75) is 90.4 Å². The number of rotatable bonds is 9. The van der Waals surface area contributed by atoms with E-state index in [4.69, 9.17) is 47.4 Å². The lowest BCUT2D eigenvalue weighted by atomic mass is 9.77. The van der Waals surface area contributed by atoms with Gasteiger partial charge in [0.1, 0.15) is 12.7 Å². The summed E-state index contributed by atoms with van der Waals surface area (Å²) in [4.78, 5) is 60.3. The molecule has 0 bridgehead atoms. The van der Waals surface area contributed by atoms with Gasteiger partial charge in [-0.25, -0.2) is 4.79 Å². The summed E-state index contributed by atoms with van der Waals surface area (Å²) in [6, 6.07) is 0. The first-order valence-corrected chi connectivity index (χ1v) is 12.9. The molecule has 2 fully saturated rings. The first-order valence-electron chi connectivity index (χ1n) is 12.9. The van der Waals surface area contributed by atoms with Crippen molar-refractivity contribution in [3.05, 3.63) is 11.8 Å². The number of hydrogen-bond donors (Lipinski definition) is 0. The van der Waals surface area contributed by atoms with Gasteiger partial charge in [-0.15, -0.1) is 0 Å². The number of carbonyl (C=O) groups excluding carboxylic acids is 5. The maximum absolute atomic E-state index is 12.5. The summed E-state index contributed by atoms with van der Waals surface area (Å²) in [6.07, 6.45) is -7.74. The maximum Gasteiger partial charge on any atom is 0.337 e. The molecule has 0 saturated carbocycles. The average molecular weight is 589 g/mol. The molecule has 0 radical (unpaired) electrons. The number of ether oxygens (including phenoxy) is 10. The van der Waals surface area contributed by atoms with E-state index in [1.165, 1.54) is 27.4 Å². The Kier molecular flexibility index (Phi) is 11.1. The van der Waals surface area contributed by atoms with Crippen LogP contribution in [0, 0.1) is 11.8 Å². The van der Waals surface area contributed by atoms with Gasteiger partial charge in [0.2, 0.25) is 12.6 Å². The van der Waals surface area contributed by atoms with Gasteiger partial charge in [-0.3, -0.25) is 19.2 Å². The number of hydrogen-bond acceptors (Lipinski definition) is 15. The van der Waals surface area contributed by atoms with Crippen molar-refractivity contribution >= 4 is 29.8 Å². The van der Waals surface area contributed by atoms with Gasteiger partial charge in [-0.05, 0) is 6.92 Å². The summed E-state index contributed by atoms with van der Waals surface area (Å²) < 4.78 is 55.6. The second-order valence-corrected chi connectivity index (χ2v) is 9.70. The zero-order chi connectivity index (χ0) is 30.4. The van der Waals surface area contributed by atoms with E-state index >= 15 is 0 Å². The second-order valence-electron chi connectivity index (χ2n) is 9.70. The highest BCUT2D eigenvalue weighted by atomic mass is 16.8. The van der Waals surface area contributed by atoms with Gasteiger partial charge in [-0.2, -0.15) is 0 Å². The molecule has 2 saturated heterocycles. The molecule has 0 aromatic heterocycles. The molecule has 0 aromatic rings. The van der Waals surface area contributed by atoms with E-state index in [0.29, 0.717) is 0 Å². The molecule has 15 nitrogen and oxygen atoms in total. The topological polar surface area (TPSA) is 178 Å². The first-order chi connectivity index (χ1) is 19.4. The Balaban J connectivity index is 2.00. The molecular weight excluding hydrogens is 552 g/mol. The lowest BCUT2D eigenvalue weighted by Crippen LogP contribution is -2.64. The highest BCUT2D eigenvalue weighted by molar-refractivity contribution is 5.89. The fourth-order valence-electron chi connectivity index (χ4n) is 5.16. The van der Waals surface area contributed by atoms with Gasteiger partial charge >= 0.3 is 29.8 Å². The number of fused-ring (bicyclic) bond motifs is 1. The van der Waals surface area contributed by atoms with Crippen LogP contribution in [-0.2, 0) is 71.3 Å². The van der Waals surface area contributed by atoms with Gasteiger partial charge in [0.15, 0.2) is 24.6 Å². The predicted molar refractivity (Wildman–Crippen MR) is 131 cm³/mol. The maximum atomic E-state index is 12.5. The Morgan fingerprint density at radius 1 is 0.829 bits per heavy atom. The molecule has 3 rings (SSSR count). The second kappa shape index (κ2) is 14.1. The van der Waals surface area contributed by atoms with Crippen molar-refractivity contribution in [2.24, 2.45) is 11.8 Å². The van der Waals surface area contributed by atoms with Gasteiger partial charge in [0.05, 0.1) is 31.0 Å². The van der Waals surface area contributed by atoms with Crippen LogP contribution in [0.5, 0.6) is 0 Å². The van der Waals surface area contributed by atoms with E-state index in [-0.39, 0.29) is 12.0 Å². The minimum Gasteiger partial charge on any atom is -0.471 e. The van der Waals surface area contributed by atoms with Gasteiger partial charge in [0, 0.05) is 47.1 Å². The standard InChI is InChI=1S/C26H36O15/c1-11-20-16(8-19(32-6)36-11)17(24(31)33-7)9-35-25(20)41-26-23(39-15(5)30)22(38-14(4)29)21(37-13(3)28)18(40-26)10-34-12(2)27/h9,11,16,18-23,25-26H,8,10H2,1-7H3/t11-,16+,18+,19+,20+,21+,22-,23+,25-,26-/m0/s1. The molecule has 0 aliphatic carbocycles. The summed E-state index contributed by atoms with van der Waals surface area (Å²) in [7, 11) is 2.72. The summed E-state index contributed by atoms with van der Waals surface area (Å²) in [6.45, 7) is 5.85. The van der Waals surface area contributed by atoms with Crippen LogP contribution in [0.25, 0.3) is 0 Å². The molecule has 0 unspecified atom stereocenters. The molecule has 0 spiro atoms. The molecule has 41 heavy (non-hydrogen) atoms. The van der Waals surface area contributed by atoms with Crippen molar-refractivity contribution in [2.75, 3.05) is 20.8 Å². The van der Waals surface area contributed by atoms with E-state index in [1.807, 2.05) is 0 Å². The Labute approximate surface area is 236 Å². The normalized spacial score (nSPS) is 34.6. The van der Waals surface area contributed by atoms with Crippen LogP contribution in [0.4, 0.5) is 0 Å². The Morgan fingerprint density at radius 2 is 1.44 bits per heavy atom. The van der Waals surface area contributed by atoms with Crippen LogP contribution in [0.2, 0.25) is 0 Å². The van der Waals surface area contributed by atoms with Gasteiger partial charge < -0.3 is 47.4 Å². The van der Waals surface area contributed by atoms with Crippen LogP contribution in [-0.4, -0.2) is 100 Å². The lowest BCUT2D eigenvalue weighted by molar-refractivity contribution is -0.354. The number of carbonyl (C=O) groups is 5. The summed E-state index contributed by atoms with van der Waals surface area (Å²) in [5, 5.41) is 0. The quantitative estimate of drug-likeness (QED) is 0.269. The number of esters is 5. The molecule has 0 N–H and O–H groups in total. The molecule has 3 aliphatic rings. The van der Waals surface area contributed by atoms with Crippen molar-refractivity contribution in [1.82, 2.24) is 0 Å². The average Bonchev–Trinajstić information content (AvgIpc) is 2.89. The van der Waals surface area contributed by atoms with E-state index in [0.717, 1.165) is 20.8 Å². The van der Waals surface area contributed by atoms with Crippen LogP contribution >= 0.6 is 0 Å². The molecule has 3 heterocycles. The van der Waals surface area contributed by atoms with Crippen molar-refractivity contribution in [3.8, 4) is 0 Å². The lowest BCUT2D eigenvalue weighted by Gasteiger charge is -2.48. The predicted octanol–water partition coefficient (Wildman–Crippen LogP) is 0.513. The van der Waals surface area contributed by atoms with E-state index in [2.05, 4.69) is 0 Å². The minimum atomic E-state index is -1.48. The van der Waals surface area contributed by atoms with Crippen molar-refractivity contribution in [1.29, 1.82) is 0 Å². The molecule has 15 heteroatoms. The summed E-state index contributed by atoms with van der Waals surface area (Å²) >= 11 is 0. The molecule has 230 valence electrons. The van der Waals surface area contributed by atoms with Gasteiger partial charge in [0.25, 0.3) is 0 Å². The third-order valence-electron chi connectivity index (χ3n) is 6.76. The molecule has 10 atom stereocenters. The third kappa shape index (κ3) is 7.93. The monoisotopic (exact) mass is 588 g/mol. The molecule has 3 aliphatic heterocycles. The Hall–Kier alpha value is -3.27.